The van der Waals surface area contributed by atoms with Gasteiger partial charge in [0.2, 0.25) is 6.79 Å². The van der Waals surface area contributed by atoms with E-state index in [0.29, 0.717) is 45.4 Å². The zero-order valence-corrected chi connectivity index (χ0v) is 25.0. The minimum atomic E-state index is -0.270. The second-order valence-electron chi connectivity index (χ2n) is 10.5. The number of hydrogen-bond donors (Lipinski definition) is 0. The van der Waals surface area contributed by atoms with Gasteiger partial charge in [-0.2, -0.15) is 9.78 Å². The Morgan fingerprint density at radius 3 is 2.63 bits per heavy atom. The Labute approximate surface area is 254 Å². The van der Waals surface area contributed by atoms with Crippen molar-refractivity contribution in [2.75, 3.05) is 13.9 Å². The summed E-state index contributed by atoms with van der Waals surface area (Å²) in [5.41, 5.74) is 4.69. The van der Waals surface area contributed by atoms with Gasteiger partial charge < -0.3 is 18.9 Å². The van der Waals surface area contributed by atoms with Crippen LogP contribution in [-0.4, -0.2) is 29.8 Å². The first-order valence-electron chi connectivity index (χ1n) is 13.9. The first-order valence-corrected chi connectivity index (χ1v) is 14.3. The second-order valence-corrected chi connectivity index (χ2v) is 11.0. The number of nitrogens with zero attached hydrogens (tertiary/aromatic N) is 3. The van der Waals surface area contributed by atoms with Crippen LogP contribution in [0.3, 0.4) is 0 Å². The van der Waals surface area contributed by atoms with Gasteiger partial charge in [-0.05, 0) is 89.7 Å². The van der Waals surface area contributed by atoms with Crippen LogP contribution in [0.25, 0.3) is 22.3 Å². The van der Waals surface area contributed by atoms with E-state index in [4.69, 9.17) is 35.5 Å². The highest BCUT2D eigenvalue weighted by Gasteiger charge is 2.19. The quantitative estimate of drug-likeness (QED) is 0.174. The Bertz CT molecular complexity index is 1930. The molecule has 6 rings (SSSR count). The highest BCUT2D eigenvalue weighted by Crippen LogP contribution is 2.35. The minimum absolute atomic E-state index is 0.200. The van der Waals surface area contributed by atoms with Crippen molar-refractivity contribution in [1.82, 2.24) is 9.66 Å². The van der Waals surface area contributed by atoms with Crippen molar-refractivity contribution in [3.8, 4) is 34.4 Å². The van der Waals surface area contributed by atoms with Crippen molar-refractivity contribution in [1.29, 1.82) is 0 Å². The van der Waals surface area contributed by atoms with E-state index < -0.39 is 0 Å². The SMILES string of the molecule is COc1cc(C)c(-c2nc3ccccc3c(=O)n2N=Cc2ccc(OCc3ccc4c(c3)OCO4)c(Cl)c2)cc1C(C)C. The van der Waals surface area contributed by atoms with Crippen LogP contribution in [0.15, 0.2) is 82.7 Å². The van der Waals surface area contributed by atoms with Crippen LogP contribution >= 0.6 is 11.6 Å². The van der Waals surface area contributed by atoms with E-state index in [0.717, 1.165) is 33.8 Å². The van der Waals surface area contributed by atoms with Crippen LogP contribution in [0.1, 0.15) is 42.0 Å². The third kappa shape index (κ3) is 5.66. The van der Waals surface area contributed by atoms with Crippen LogP contribution in [0.2, 0.25) is 5.02 Å². The lowest BCUT2D eigenvalue weighted by Gasteiger charge is -2.17. The molecule has 1 aliphatic heterocycles. The van der Waals surface area contributed by atoms with Gasteiger partial charge in [0.15, 0.2) is 17.3 Å². The molecule has 4 aromatic carbocycles. The maximum atomic E-state index is 13.7. The molecule has 218 valence electrons. The topological polar surface area (TPSA) is 84.2 Å². The molecule has 0 N–H and O–H groups in total. The molecule has 0 aliphatic carbocycles. The molecule has 1 aromatic heterocycles. The molecule has 1 aliphatic rings. The largest absolute Gasteiger partial charge is 0.496 e. The van der Waals surface area contributed by atoms with Crippen LogP contribution in [0.5, 0.6) is 23.0 Å². The molecule has 0 saturated heterocycles. The van der Waals surface area contributed by atoms with Gasteiger partial charge in [0.05, 0.1) is 29.2 Å². The molecule has 5 aromatic rings. The van der Waals surface area contributed by atoms with Crippen molar-refractivity contribution >= 4 is 28.7 Å². The lowest BCUT2D eigenvalue weighted by Crippen LogP contribution is -2.20. The molecule has 0 fully saturated rings. The molecule has 0 amide bonds. The number of benzene rings is 4. The molecular weight excluding hydrogens is 566 g/mol. The number of fused-ring (bicyclic) bond motifs is 2. The number of aryl methyl sites for hydroxylation is 1. The Morgan fingerprint density at radius 1 is 1.02 bits per heavy atom. The molecule has 2 heterocycles. The standard InChI is InChI=1S/C34H30ClN3O5/c1-20(2)25-16-26(21(3)13-31(25)40-4)33-37-28-8-6-5-7-24(28)34(39)38(33)36-17-22-9-11-29(27(35)14-22)41-18-23-10-12-30-32(15-23)43-19-42-30/h5-17,20H,18-19H2,1-4H3. The van der Waals surface area contributed by atoms with Gasteiger partial charge in [0.1, 0.15) is 18.1 Å². The van der Waals surface area contributed by atoms with E-state index in [1.54, 1.807) is 31.5 Å². The van der Waals surface area contributed by atoms with Crippen LogP contribution < -0.4 is 24.5 Å². The van der Waals surface area contributed by atoms with Gasteiger partial charge in [-0.3, -0.25) is 4.79 Å². The molecule has 0 atom stereocenters. The summed E-state index contributed by atoms with van der Waals surface area (Å²) in [6, 6.07) is 22.3. The molecule has 0 unspecified atom stereocenters. The van der Waals surface area contributed by atoms with Crippen molar-refractivity contribution in [3.05, 3.63) is 110 Å². The van der Waals surface area contributed by atoms with Gasteiger partial charge in [-0.1, -0.05) is 43.6 Å². The summed E-state index contributed by atoms with van der Waals surface area (Å²) < 4.78 is 23.8. The number of hydrogen-bond acceptors (Lipinski definition) is 7. The summed E-state index contributed by atoms with van der Waals surface area (Å²) in [6.07, 6.45) is 1.59. The van der Waals surface area contributed by atoms with Crippen LogP contribution in [0.4, 0.5) is 0 Å². The number of rotatable bonds is 8. The highest BCUT2D eigenvalue weighted by atomic mass is 35.5. The number of aromatic nitrogens is 2. The smallest absolute Gasteiger partial charge is 0.282 e. The van der Waals surface area contributed by atoms with E-state index in [1.165, 1.54) is 4.68 Å². The van der Waals surface area contributed by atoms with Gasteiger partial charge in [-0.25, -0.2) is 4.98 Å². The lowest BCUT2D eigenvalue weighted by atomic mass is 9.96. The molecule has 0 saturated carbocycles. The fourth-order valence-corrected chi connectivity index (χ4v) is 5.25. The predicted octanol–water partition coefficient (Wildman–Crippen LogP) is 7.35. The van der Waals surface area contributed by atoms with Crippen molar-refractivity contribution in [2.45, 2.75) is 33.3 Å². The molecule has 0 bridgehead atoms. The maximum Gasteiger partial charge on any atom is 0.282 e. The first kappa shape index (κ1) is 28.3. The summed E-state index contributed by atoms with van der Waals surface area (Å²) in [5.74, 6) is 3.38. The fourth-order valence-electron chi connectivity index (χ4n) is 5.00. The molecule has 0 radical (unpaired) electrons. The Hall–Kier alpha value is -4.82. The molecule has 9 heteroatoms. The van der Waals surface area contributed by atoms with Crippen molar-refractivity contribution in [2.24, 2.45) is 5.10 Å². The minimum Gasteiger partial charge on any atom is -0.496 e. The van der Waals surface area contributed by atoms with E-state index in [-0.39, 0.29) is 18.3 Å². The normalized spacial score (nSPS) is 12.4. The summed E-state index contributed by atoms with van der Waals surface area (Å²) in [5, 5.41) is 5.51. The van der Waals surface area contributed by atoms with E-state index in [9.17, 15) is 4.79 Å². The number of para-hydroxylation sites is 1. The summed E-state index contributed by atoms with van der Waals surface area (Å²) in [7, 11) is 1.66. The van der Waals surface area contributed by atoms with Crippen LogP contribution in [0, 0.1) is 6.92 Å². The van der Waals surface area contributed by atoms with E-state index in [1.807, 2.05) is 61.5 Å². The Balaban J connectivity index is 1.34. The van der Waals surface area contributed by atoms with Crippen molar-refractivity contribution < 1.29 is 18.9 Å². The third-order valence-corrected chi connectivity index (χ3v) is 7.60. The molecule has 8 nitrogen and oxygen atoms in total. The number of methoxy groups -OCH3 is 1. The second kappa shape index (κ2) is 11.8. The average molecular weight is 596 g/mol. The van der Waals surface area contributed by atoms with Gasteiger partial charge in [-0.15, -0.1) is 0 Å². The van der Waals surface area contributed by atoms with Crippen molar-refractivity contribution in [3.63, 3.8) is 0 Å². The van der Waals surface area contributed by atoms with Gasteiger partial charge in [0.25, 0.3) is 5.56 Å². The van der Waals surface area contributed by atoms with E-state index in [2.05, 4.69) is 18.9 Å². The summed E-state index contributed by atoms with van der Waals surface area (Å²) in [4.78, 5) is 18.6. The fraction of sp³-hybridized carbons (Fsp3) is 0.206. The van der Waals surface area contributed by atoms with Gasteiger partial charge in [0, 0.05) is 5.56 Å². The summed E-state index contributed by atoms with van der Waals surface area (Å²) in [6.45, 7) is 6.70. The molecule has 43 heavy (non-hydrogen) atoms. The summed E-state index contributed by atoms with van der Waals surface area (Å²) >= 11 is 6.58. The first-order chi connectivity index (χ1) is 20.8. The highest BCUT2D eigenvalue weighted by molar-refractivity contribution is 6.32. The Morgan fingerprint density at radius 2 is 1.84 bits per heavy atom. The predicted molar refractivity (Wildman–Crippen MR) is 168 cm³/mol. The maximum absolute atomic E-state index is 13.7. The van der Waals surface area contributed by atoms with Crippen LogP contribution in [-0.2, 0) is 6.61 Å². The zero-order chi connectivity index (χ0) is 30.1. The molecular formula is C34H30ClN3O5. The zero-order valence-electron chi connectivity index (χ0n) is 24.3. The lowest BCUT2D eigenvalue weighted by molar-refractivity contribution is 0.174. The van der Waals surface area contributed by atoms with E-state index >= 15 is 0 Å². The number of halogens is 1. The average Bonchev–Trinajstić information content (AvgIpc) is 3.48. The van der Waals surface area contributed by atoms with Gasteiger partial charge >= 0.3 is 0 Å². The number of ether oxygens (including phenoxy) is 4. The molecule has 0 spiro atoms. The third-order valence-electron chi connectivity index (χ3n) is 7.30. The monoisotopic (exact) mass is 595 g/mol. The Kier molecular flexibility index (Phi) is 7.78.